The van der Waals surface area contributed by atoms with E-state index < -0.39 is 0 Å². The number of nitrogens with one attached hydrogen (secondary N) is 1. The minimum absolute atomic E-state index is 0.380. The van der Waals surface area contributed by atoms with E-state index in [-0.39, 0.29) is 0 Å². The maximum atomic E-state index is 4.44. The smallest absolute Gasteiger partial charge is 0.138 e. The summed E-state index contributed by atoms with van der Waals surface area (Å²) in [4.78, 5) is 4.44. The maximum Gasteiger partial charge on any atom is 0.138 e. The molecule has 0 aromatic carbocycles. The lowest BCUT2D eigenvalue weighted by atomic mass is 9.94. The summed E-state index contributed by atoms with van der Waals surface area (Å²) in [7, 11) is 0. The fourth-order valence-electron chi connectivity index (χ4n) is 2.51. The molecule has 0 aliphatic rings. The lowest BCUT2D eigenvalue weighted by molar-refractivity contribution is 0.340. The Morgan fingerprint density at radius 1 is 1.21 bits per heavy atom. The molecule has 2 unspecified atom stereocenters. The van der Waals surface area contributed by atoms with Crippen LogP contribution in [-0.2, 0) is 6.42 Å². The molecule has 0 amide bonds. The number of aromatic nitrogens is 3. The average Bonchev–Trinajstić information content (AvgIpc) is 2.82. The third-order valence-electron chi connectivity index (χ3n) is 3.63. The Balaban J connectivity index is 2.72. The average molecular weight is 266 g/mol. The van der Waals surface area contributed by atoms with Crippen LogP contribution in [-0.4, -0.2) is 27.4 Å². The van der Waals surface area contributed by atoms with Crippen molar-refractivity contribution >= 4 is 0 Å². The third-order valence-corrected chi connectivity index (χ3v) is 3.63. The van der Waals surface area contributed by atoms with E-state index in [0.29, 0.717) is 18.0 Å². The van der Waals surface area contributed by atoms with Crippen LogP contribution in [0.25, 0.3) is 0 Å². The van der Waals surface area contributed by atoms with Crippen molar-refractivity contribution in [1.82, 2.24) is 20.1 Å². The van der Waals surface area contributed by atoms with Crippen LogP contribution in [0.3, 0.4) is 0 Å². The van der Waals surface area contributed by atoms with E-state index in [9.17, 15) is 0 Å². The highest BCUT2D eigenvalue weighted by molar-refractivity contribution is 4.92. The van der Waals surface area contributed by atoms with Crippen LogP contribution >= 0.6 is 0 Å². The van der Waals surface area contributed by atoms with Crippen molar-refractivity contribution in [1.29, 1.82) is 0 Å². The Morgan fingerprint density at radius 2 is 1.95 bits per heavy atom. The fourth-order valence-corrected chi connectivity index (χ4v) is 2.51. The summed E-state index contributed by atoms with van der Waals surface area (Å²) in [6, 6.07) is 0.882. The van der Waals surface area contributed by atoms with Crippen LogP contribution in [0.2, 0.25) is 0 Å². The van der Waals surface area contributed by atoms with Crippen LogP contribution in [0.5, 0.6) is 0 Å². The van der Waals surface area contributed by atoms with Gasteiger partial charge in [0.2, 0.25) is 0 Å². The zero-order chi connectivity index (χ0) is 14.3. The summed E-state index contributed by atoms with van der Waals surface area (Å²) >= 11 is 0. The first-order chi connectivity index (χ1) is 9.10. The molecule has 0 fully saturated rings. The molecule has 1 aromatic heterocycles. The second-order valence-corrected chi connectivity index (χ2v) is 5.75. The Morgan fingerprint density at radius 3 is 2.53 bits per heavy atom. The number of rotatable bonds is 9. The van der Waals surface area contributed by atoms with Crippen LogP contribution < -0.4 is 5.32 Å². The van der Waals surface area contributed by atoms with Crippen molar-refractivity contribution in [3.63, 3.8) is 0 Å². The molecule has 2 atom stereocenters. The second kappa shape index (κ2) is 8.31. The lowest BCUT2D eigenvalue weighted by Gasteiger charge is -2.25. The highest BCUT2D eigenvalue weighted by atomic mass is 15.3. The van der Waals surface area contributed by atoms with Gasteiger partial charge in [-0.15, -0.1) is 0 Å². The van der Waals surface area contributed by atoms with Gasteiger partial charge in [-0.2, -0.15) is 5.10 Å². The van der Waals surface area contributed by atoms with Gasteiger partial charge in [-0.3, -0.25) is 0 Å². The molecule has 0 saturated heterocycles. The van der Waals surface area contributed by atoms with Crippen LogP contribution in [0.1, 0.15) is 65.7 Å². The van der Waals surface area contributed by atoms with E-state index >= 15 is 0 Å². The van der Waals surface area contributed by atoms with Crippen molar-refractivity contribution in [2.75, 3.05) is 6.54 Å². The van der Waals surface area contributed by atoms with Gasteiger partial charge in [0.05, 0.1) is 0 Å². The van der Waals surface area contributed by atoms with E-state index in [1.165, 1.54) is 19.3 Å². The van der Waals surface area contributed by atoms with Gasteiger partial charge in [-0.25, -0.2) is 9.67 Å². The van der Waals surface area contributed by atoms with Crippen LogP contribution in [0, 0.1) is 5.92 Å². The Kier molecular flexibility index (Phi) is 7.06. The molecule has 19 heavy (non-hydrogen) atoms. The van der Waals surface area contributed by atoms with Gasteiger partial charge >= 0.3 is 0 Å². The molecule has 4 nitrogen and oxygen atoms in total. The standard InChI is InChI=1S/C15H30N4/c1-6-8-13(5)14(16-9-7-2)10-15-17-11-18-19(15)12(3)4/h11-14,16H,6-10H2,1-5H3. The normalized spacial score (nSPS) is 14.8. The van der Waals surface area contributed by atoms with E-state index in [4.69, 9.17) is 0 Å². The minimum Gasteiger partial charge on any atom is -0.313 e. The number of hydrogen-bond donors (Lipinski definition) is 1. The number of hydrogen-bond acceptors (Lipinski definition) is 3. The van der Waals surface area contributed by atoms with Crippen molar-refractivity contribution in [3.8, 4) is 0 Å². The first-order valence-electron chi connectivity index (χ1n) is 7.71. The first kappa shape index (κ1) is 16.2. The summed E-state index contributed by atoms with van der Waals surface area (Å²) in [6.45, 7) is 12.2. The Bertz CT molecular complexity index is 346. The molecule has 1 rings (SSSR count). The quantitative estimate of drug-likeness (QED) is 0.746. The van der Waals surface area contributed by atoms with Crippen LogP contribution in [0.15, 0.2) is 6.33 Å². The van der Waals surface area contributed by atoms with E-state index in [2.05, 4.69) is 50.0 Å². The zero-order valence-corrected chi connectivity index (χ0v) is 13.2. The molecule has 1 aromatic rings. The molecular formula is C15H30N4. The Labute approximate surface area is 118 Å². The SMILES string of the molecule is CCCNC(Cc1ncnn1C(C)C)C(C)CCC. The van der Waals surface area contributed by atoms with E-state index in [1.807, 2.05) is 4.68 Å². The molecule has 0 spiro atoms. The van der Waals surface area contributed by atoms with Crippen molar-refractivity contribution in [2.24, 2.45) is 5.92 Å². The summed E-state index contributed by atoms with van der Waals surface area (Å²) in [5.41, 5.74) is 0. The van der Waals surface area contributed by atoms with Gasteiger partial charge in [-0.1, -0.05) is 27.2 Å². The highest BCUT2D eigenvalue weighted by Crippen LogP contribution is 2.16. The van der Waals surface area contributed by atoms with E-state index in [1.54, 1.807) is 6.33 Å². The van der Waals surface area contributed by atoms with Gasteiger partial charge in [0.25, 0.3) is 0 Å². The number of nitrogens with zero attached hydrogens (tertiary/aromatic N) is 3. The van der Waals surface area contributed by atoms with Crippen molar-refractivity contribution < 1.29 is 0 Å². The molecule has 0 radical (unpaired) electrons. The largest absolute Gasteiger partial charge is 0.313 e. The lowest BCUT2D eigenvalue weighted by Crippen LogP contribution is -2.38. The van der Waals surface area contributed by atoms with Crippen LogP contribution in [0.4, 0.5) is 0 Å². The van der Waals surface area contributed by atoms with E-state index in [0.717, 1.165) is 18.8 Å². The minimum atomic E-state index is 0.380. The maximum absolute atomic E-state index is 4.44. The molecule has 1 heterocycles. The molecule has 0 aliphatic carbocycles. The zero-order valence-electron chi connectivity index (χ0n) is 13.2. The molecule has 1 N–H and O–H groups in total. The predicted octanol–water partition coefficient (Wildman–Crippen LogP) is 3.21. The summed E-state index contributed by atoms with van der Waals surface area (Å²) in [5, 5.41) is 8.01. The third kappa shape index (κ3) is 4.94. The van der Waals surface area contributed by atoms with Gasteiger partial charge < -0.3 is 5.32 Å². The molecule has 110 valence electrons. The fraction of sp³-hybridized carbons (Fsp3) is 0.867. The van der Waals surface area contributed by atoms with Crippen molar-refractivity contribution in [2.45, 2.75) is 72.4 Å². The summed E-state index contributed by atoms with van der Waals surface area (Å²) in [6.07, 6.45) is 6.32. The van der Waals surface area contributed by atoms with Gasteiger partial charge in [0, 0.05) is 18.5 Å². The highest BCUT2D eigenvalue weighted by Gasteiger charge is 2.19. The summed E-state index contributed by atoms with van der Waals surface area (Å²) in [5.74, 6) is 1.78. The second-order valence-electron chi connectivity index (χ2n) is 5.75. The topological polar surface area (TPSA) is 42.7 Å². The van der Waals surface area contributed by atoms with Gasteiger partial charge in [0.15, 0.2) is 0 Å². The predicted molar refractivity (Wildman–Crippen MR) is 80.3 cm³/mol. The molecular weight excluding hydrogens is 236 g/mol. The first-order valence-corrected chi connectivity index (χ1v) is 7.71. The summed E-state index contributed by atoms with van der Waals surface area (Å²) < 4.78 is 2.04. The Hall–Kier alpha value is -0.900. The van der Waals surface area contributed by atoms with Gasteiger partial charge in [0.1, 0.15) is 12.2 Å². The molecule has 4 heteroatoms. The van der Waals surface area contributed by atoms with Gasteiger partial charge in [-0.05, 0) is 39.2 Å². The van der Waals surface area contributed by atoms with Crippen molar-refractivity contribution in [3.05, 3.63) is 12.2 Å². The monoisotopic (exact) mass is 266 g/mol. The molecule has 0 aliphatic heterocycles. The molecule has 0 saturated carbocycles. The molecule has 0 bridgehead atoms.